The van der Waals surface area contributed by atoms with Crippen molar-refractivity contribution in [2.24, 2.45) is 4.99 Å². The number of halogens is 3. The van der Waals surface area contributed by atoms with Gasteiger partial charge in [-0.15, -0.1) is 11.8 Å². The number of likely N-dealkylation sites (N-methyl/N-ethyl adjacent to an activating group) is 1. The van der Waals surface area contributed by atoms with Gasteiger partial charge in [-0.3, -0.25) is 4.99 Å². The van der Waals surface area contributed by atoms with Crippen LogP contribution >= 0.6 is 11.8 Å². The summed E-state index contributed by atoms with van der Waals surface area (Å²) in [5.41, 5.74) is 0.505. The van der Waals surface area contributed by atoms with E-state index in [1.54, 1.807) is 7.05 Å². The van der Waals surface area contributed by atoms with Gasteiger partial charge in [0.1, 0.15) is 0 Å². The number of hydrogen-bond acceptors (Lipinski definition) is 4. The summed E-state index contributed by atoms with van der Waals surface area (Å²) in [7, 11) is 1.78. The van der Waals surface area contributed by atoms with Crippen LogP contribution in [0.25, 0.3) is 0 Å². The SMILES string of the molecule is C=Nc1ccc(C(F)(F)F)cc1SCNC(=C)CNC. The largest absolute Gasteiger partial charge is 0.416 e. The highest BCUT2D eigenvalue weighted by molar-refractivity contribution is 7.99. The van der Waals surface area contributed by atoms with Crippen LogP contribution in [0.5, 0.6) is 0 Å². The molecule has 3 nitrogen and oxygen atoms in total. The molecule has 0 amide bonds. The smallest absolute Gasteiger partial charge is 0.378 e. The van der Waals surface area contributed by atoms with Crippen molar-refractivity contribution in [1.29, 1.82) is 0 Å². The van der Waals surface area contributed by atoms with Crippen molar-refractivity contribution in [3.63, 3.8) is 0 Å². The molecule has 1 aromatic rings. The molecule has 1 rings (SSSR count). The van der Waals surface area contributed by atoms with E-state index in [-0.39, 0.29) is 0 Å². The Labute approximate surface area is 120 Å². The predicted octanol–water partition coefficient (Wildman–Crippen LogP) is 3.41. The van der Waals surface area contributed by atoms with E-state index < -0.39 is 11.7 Å². The van der Waals surface area contributed by atoms with Gasteiger partial charge in [-0.2, -0.15) is 13.2 Å². The zero-order chi connectivity index (χ0) is 15.2. The molecule has 1 aromatic carbocycles. The van der Waals surface area contributed by atoms with Gasteiger partial charge in [0, 0.05) is 17.1 Å². The monoisotopic (exact) mass is 303 g/mol. The average Bonchev–Trinajstić information content (AvgIpc) is 2.38. The van der Waals surface area contributed by atoms with Crippen LogP contribution in [0.2, 0.25) is 0 Å². The minimum absolute atomic E-state index is 0.407. The molecule has 0 spiro atoms. The van der Waals surface area contributed by atoms with Crippen molar-refractivity contribution in [2.45, 2.75) is 11.1 Å². The lowest BCUT2D eigenvalue weighted by Gasteiger charge is -2.12. The Kier molecular flexibility index (Phi) is 6.09. The lowest BCUT2D eigenvalue weighted by molar-refractivity contribution is -0.137. The van der Waals surface area contributed by atoms with Crippen molar-refractivity contribution in [2.75, 3.05) is 19.5 Å². The van der Waals surface area contributed by atoms with Crippen LogP contribution in [0.1, 0.15) is 5.56 Å². The lowest BCUT2D eigenvalue weighted by atomic mass is 10.2. The first kappa shape index (κ1) is 16.6. The Balaban J connectivity index is 2.77. The van der Waals surface area contributed by atoms with E-state index in [0.717, 1.165) is 17.8 Å². The molecule has 0 aliphatic rings. The summed E-state index contributed by atoms with van der Waals surface area (Å²) in [6.45, 7) is 7.73. The molecule has 110 valence electrons. The summed E-state index contributed by atoms with van der Waals surface area (Å²) in [6, 6.07) is 3.40. The number of alkyl halides is 3. The molecule has 2 N–H and O–H groups in total. The molecule has 7 heteroatoms. The van der Waals surface area contributed by atoms with Crippen LogP contribution in [-0.4, -0.2) is 26.2 Å². The van der Waals surface area contributed by atoms with E-state index in [1.165, 1.54) is 17.8 Å². The maximum absolute atomic E-state index is 12.7. The third-order valence-electron chi connectivity index (χ3n) is 2.40. The second kappa shape index (κ2) is 7.35. The zero-order valence-electron chi connectivity index (χ0n) is 11.0. The van der Waals surface area contributed by atoms with Gasteiger partial charge < -0.3 is 10.6 Å². The molecular formula is C13H16F3N3S. The highest BCUT2D eigenvalue weighted by atomic mass is 32.2. The standard InChI is InChI=1S/C13H16F3N3S/c1-9(7-17-2)19-8-20-12-6-10(13(14,15)16)4-5-11(12)18-3/h4-6,17,19H,1,3,7-8H2,2H3. The Hall–Kier alpha value is -1.47. The van der Waals surface area contributed by atoms with E-state index in [4.69, 9.17) is 0 Å². The number of hydrogen-bond donors (Lipinski definition) is 2. The number of nitrogens with zero attached hydrogens (tertiary/aromatic N) is 1. The second-order valence-corrected chi connectivity index (χ2v) is 4.95. The van der Waals surface area contributed by atoms with Gasteiger partial charge >= 0.3 is 6.18 Å². The summed E-state index contributed by atoms with van der Waals surface area (Å²) in [5, 5.41) is 5.92. The summed E-state index contributed by atoms with van der Waals surface area (Å²) >= 11 is 1.22. The minimum Gasteiger partial charge on any atom is -0.378 e. The predicted molar refractivity (Wildman–Crippen MR) is 77.6 cm³/mol. The quantitative estimate of drug-likeness (QED) is 0.460. The Morgan fingerprint density at radius 3 is 2.65 bits per heavy atom. The number of benzene rings is 1. The molecule has 0 saturated heterocycles. The number of aliphatic imine (C=N–C) groups is 1. The normalized spacial score (nSPS) is 11.2. The van der Waals surface area contributed by atoms with Crippen LogP contribution in [0.4, 0.5) is 18.9 Å². The van der Waals surface area contributed by atoms with Gasteiger partial charge in [-0.25, -0.2) is 0 Å². The fourth-order valence-corrected chi connectivity index (χ4v) is 2.35. The molecule has 0 atom stereocenters. The van der Waals surface area contributed by atoms with E-state index in [1.807, 2.05) is 0 Å². The van der Waals surface area contributed by atoms with Crippen LogP contribution in [0, 0.1) is 0 Å². The van der Waals surface area contributed by atoms with Crippen molar-refractivity contribution >= 4 is 24.2 Å². The molecule has 0 unspecified atom stereocenters. The molecule has 0 radical (unpaired) electrons. The highest BCUT2D eigenvalue weighted by Gasteiger charge is 2.31. The Bertz CT molecular complexity index is 486. The Morgan fingerprint density at radius 2 is 2.10 bits per heavy atom. The van der Waals surface area contributed by atoms with Crippen LogP contribution in [-0.2, 0) is 6.18 Å². The molecule has 0 aromatic heterocycles. The van der Waals surface area contributed by atoms with Crippen LogP contribution in [0.15, 0.2) is 40.4 Å². The van der Waals surface area contributed by atoms with Crippen molar-refractivity contribution in [3.05, 3.63) is 36.0 Å². The van der Waals surface area contributed by atoms with Gasteiger partial charge in [0.15, 0.2) is 0 Å². The Morgan fingerprint density at radius 1 is 1.40 bits per heavy atom. The maximum Gasteiger partial charge on any atom is 0.416 e. The first-order valence-electron chi connectivity index (χ1n) is 5.75. The summed E-state index contributed by atoms with van der Waals surface area (Å²) in [5.74, 6) is 0.407. The first-order valence-corrected chi connectivity index (χ1v) is 6.74. The summed E-state index contributed by atoms with van der Waals surface area (Å²) < 4.78 is 38.0. The molecule has 0 aliphatic carbocycles. The molecule has 0 heterocycles. The molecule has 20 heavy (non-hydrogen) atoms. The first-order chi connectivity index (χ1) is 9.38. The van der Waals surface area contributed by atoms with E-state index in [9.17, 15) is 13.2 Å². The van der Waals surface area contributed by atoms with Gasteiger partial charge in [-0.1, -0.05) is 6.58 Å². The van der Waals surface area contributed by atoms with Crippen molar-refractivity contribution in [1.82, 2.24) is 10.6 Å². The fraction of sp³-hybridized carbons (Fsp3) is 0.308. The van der Waals surface area contributed by atoms with Gasteiger partial charge in [0.25, 0.3) is 0 Å². The van der Waals surface area contributed by atoms with Crippen LogP contribution in [0.3, 0.4) is 0 Å². The molecular weight excluding hydrogens is 287 g/mol. The average molecular weight is 303 g/mol. The fourth-order valence-electron chi connectivity index (χ4n) is 1.43. The molecule has 0 bridgehead atoms. The van der Waals surface area contributed by atoms with Crippen molar-refractivity contribution in [3.8, 4) is 0 Å². The minimum atomic E-state index is -4.36. The van der Waals surface area contributed by atoms with E-state index in [2.05, 4.69) is 28.9 Å². The number of nitrogens with one attached hydrogen (secondary N) is 2. The van der Waals surface area contributed by atoms with Gasteiger partial charge in [-0.05, 0) is 32.0 Å². The molecule has 0 aliphatic heterocycles. The summed E-state index contributed by atoms with van der Waals surface area (Å²) in [4.78, 5) is 4.16. The highest BCUT2D eigenvalue weighted by Crippen LogP contribution is 2.36. The lowest BCUT2D eigenvalue weighted by Crippen LogP contribution is -2.21. The second-order valence-electron chi connectivity index (χ2n) is 3.94. The van der Waals surface area contributed by atoms with E-state index in [0.29, 0.717) is 23.0 Å². The van der Waals surface area contributed by atoms with Gasteiger partial charge in [0.2, 0.25) is 0 Å². The molecule has 0 saturated carbocycles. The van der Waals surface area contributed by atoms with E-state index >= 15 is 0 Å². The topological polar surface area (TPSA) is 36.4 Å². The van der Waals surface area contributed by atoms with Gasteiger partial charge in [0.05, 0.1) is 17.1 Å². The third kappa shape index (κ3) is 4.90. The van der Waals surface area contributed by atoms with Crippen LogP contribution < -0.4 is 10.6 Å². The summed E-state index contributed by atoms with van der Waals surface area (Å²) in [6.07, 6.45) is -4.36. The zero-order valence-corrected chi connectivity index (χ0v) is 11.9. The molecule has 0 fully saturated rings. The third-order valence-corrected chi connectivity index (χ3v) is 3.32. The van der Waals surface area contributed by atoms with Crippen molar-refractivity contribution < 1.29 is 13.2 Å². The maximum atomic E-state index is 12.7. The number of rotatable bonds is 7. The number of thioether (sulfide) groups is 1.